The summed E-state index contributed by atoms with van der Waals surface area (Å²) in [5, 5.41) is 90.0. The third kappa shape index (κ3) is 5.21. The highest BCUT2D eigenvalue weighted by Crippen LogP contribution is 2.35. The summed E-state index contributed by atoms with van der Waals surface area (Å²) in [7, 11) is 0. The Kier molecular flexibility index (Phi) is 8.41. The van der Waals surface area contributed by atoms with Crippen LogP contribution in [-0.2, 0) is 14.2 Å². The van der Waals surface area contributed by atoms with E-state index < -0.39 is 80.5 Å². The molecule has 0 amide bonds. The number of hydrogen-bond donors (Lipinski definition) is 9. The first-order valence-electron chi connectivity index (χ1n) is 10.2. The Bertz CT molecular complexity index is 715. The first-order chi connectivity index (χ1) is 15.2. The molecule has 0 spiro atoms. The van der Waals surface area contributed by atoms with Crippen molar-refractivity contribution >= 4 is 0 Å². The number of phenolic OH excluding ortho intramolecular Hbond substituents is 1. The Morgan fingerprint density at radius 1 is 0.812 bits per heavy atom. The van der Waals surface area contributed by atoms with Gasteiger partial charge in [-0.1, -0.05) is 12.1 Å². The Morgan fingerprint density at radius 2 is 1.44 bits per heavy atom. The molecule has 9 N–H and O–H groups in total. The second kappa shape index (κ2) is 10.7. The van der Waals surface area contributed by atoms with Crippen LogP contribution in [0, 0.1) is 5.92 Å². The molecule has 3 rings (SSSR count). The van der Waals surface area contributed by atoms with Gasteiger partial charge in [0.1, 0.15) is 42.4 Å². The first-order valence-corrected chi connectivity index (χ1v) is 10.2. The number of ether oxygens (including phenoxy) is 3. The third-order valence-corrected chi connectivity index (χ3v) is 5.92. The summed E-state index contributed by atoms with van der Waals surface area (Å²) >= 11 is 0. The van der Waals surface area contributed by atoms with Crippen LogP contribution in [0.15, 0.2) is 24.3 Å². The number of aromatic hydroxyl groups is 1. The number of hydrogen-bond acceptors (Lipinski definition) is 12. The van der Waals surface area contributed by atoms with Crippen molar-refractivity contribution in [2.45, 2.75) is 67.8 Å². The average molecular weight is 462 g/mol. The van der Waals surface area contributed by atoms with E-state index in [9.17, 15) is 46.0 Å². The van der Waals surface area contributed by atoms with Crippen LogP contribution >= 0.6 is 0 Å². The van der Waals surface area contributed by atoms with E-state index in [0.29, 0.717) is 5.56 Å². The molecule has 1 aromatic rings. The summed E-state index contributed by atoms with van der Waals surface area (Å²) in [4.78, 5) is 0. The van der Waals surface area contributed by atoms with Crippen molar-refractivity contribution in [3.63, 3.8) is 0 Å². The minimum absolute atomic E-state index is 0.000741. The fourth-order valence-corrected chi connectivity index (χ4v) is 3.99. The van der Waals surface area contributed by atoms with Gasteiger partial charge >= 0.3 is 0 Å². The zero-order valence-electron chi connectivity index (χ0n) is 17.0. The van der Waals surface area contributed by atoms with Gasteiger partial charge in [0, 0.05) is 5.92 Å². The molecule has 12 heteroatoms. The Balaban J connectivity index is 1.75. The molecule has 0 bridgehead atoms. The van der Waals surface area contributed by atoms with E-state index in [1.54, 1.807) is 0 Å². The van der Waals surface area contributed by atoms with Gasteiger partial charge in [-0.15, -0.1) is 0 Å². The zero-order valence-corrected chi connectivity index (χ0v) is 17.0. The lowest BCUT2D eigenvalue weighted by molar-refractivity contribution is -0.351. The monoisotopic (exact) mass is 462 g/mol. The summed E-state index contributed by atoms with van der Waals surface area (Å²) in [5.74, 6) is -1.09. The fraction of sp³-hybridized carbons (Fsp3) is 0.700. The molecular formula is C20H30O12. The van der Waals surface area contributed by atoms with Gasteiger partial charge in [0.2, 0.25) is 0 Å². The number of benzene rings is 1. The van der Waals surface area contributed by atoms with Crippen molar-refractivity contribution in [2.75, 3.05) is 13.2 Å². The minimum atomic E-state index is -1.74. The highest BCUT2D eigenvalue weighted by atomic mass is 16.7. The molecule has 2 fully saturated rings. The third-order valence-electron chi connectivity index (χ3n) is 5.92. The molecule has 0 aromatic heterocycles. The van der Waals surface area contributed by atoms with Crippen LogP contribution in [0.4, 0.5) is 0 Å². The summed E-state index contributed by atoms with van der Waals surface area (Å²) < 4.78 is 16.2. The van der Waals surface area contributed by atoms with E-state index in [2.05, 4.69) is 0 Å². The van der Waals surface area contributed by atoms with Gasteiger partial charge in [0.05, 0.1) is 25.4 Å². The van der Waals surface area contributed by atoms with E-state index in [4.69, 9.17) is 14.2 Å². The molecule has 1 unspecified atom stereocenters. The van der Waals surface area contributed by atoms with Gasteiger partial charge in [-0.3, -0.25) is 0 Å². The van der Waals surface area contributed by atoms with E-state index in [-0.39, 0.29) is 12.2 Å². The van der Waals surface area contributed by atoms with E-state index in [0.717, 1.165) is 0 Å². The molecule has 12 nitrogen and oxygen atoms in total. The van der Waals surface area contributed by atoms with Gasteiger partial charge in [-0.2, -0.15) is 0 Å². The maximum atomic E-state index is 10.9. The lowest BCUT2D eigenvalue weighted by Crippen LogP contribution is -2.63. The van der Waals surface area contributed by atoms with Crippen LogP contribution in [0.5, 0.6) is 5.75 Å². The Labute approximate surface area is 183 Å². The van der Waals surface area contributed by atoms with Crippen LogP contribution in [0.25, 0.3) is 0 Å². The smallest absolute Gasteiger partial charge is 0.187 e. The quantitative estimate of drug-likeness (QED) is 0.195. The lowest BCUT2D eigenvalue weighted by Gasteiger charge is -2.46. The van der Waals surface area contributed by atoms with Crippen LogP contribution in [0.2, 0.25) is 0 Å². The minimum Gasteiger partial charge on any atom is -0.508 e. The summed E-state index contributed by atoms with van der Waals surface area (Å²) in [6.45, 7) is -1.36. The molecule has 2 aliphatic rings. The number of aliphatic hydroxyl groups excluding tert-OH is 8. The second-order valence-corrected chi connectivity index (χ2v) is 8.04. The molecule has 0 aliphatic carbocycles. The van der Waals surface area contributed by atoms with Crippen molar-refractivity contribution < 1.29 is 60.2 Å². The van der Waals surface area contributed by atoms with Crippen LogP contribution in [-0.4, -0.2) is 114 Å². The number of rotatable bonds is 7. The molecule has 2 heterocycles. The fourth-order valence-electron chi connectivity index (χ4n) is 3.99. The van der Waals surface area contributed by atoms with Crippen LogP contribution in [0.1, 0.15) is 18.1 Å². The molecular weight excluding hydrogens is 432 g/mol. The van der Waals surface area contributed by atoms with Gasteiger partial charge in [0.25, 0.3) is 0 Å². The highest BCUT2D eigenvalue weighted by molar-refractivity contribution is 5.27. The van der Waals surface area contributed by atoms with Gasteiger partial charge in [-0.05, 0) is 24.1 Å². The molecule has 0 saturated carbocycles. The van der Waals surface area contributed by atoms with E-state index in [1.165, 1.54) is 24.3 Å². The molecule has 1 aromatic carbocycles. The summed E-state index contributed by atoms with van der Waals surface area (Å²) in [5.41, 5.74) is 0.415. The lowest BCUT2D eigenvalue weighted by atomic mass is 9.85. The maximum Gasteiger partial charge on any atom is 0.187 e. The van der Waals surface area contributed by atoms with Gasteiger partial charge < -0.3 is 60.2 Å². The van der Waals surface area contributed by atoms with E-state index in [1.807, 2.05) is 0 Å². The highest BCUT2D eigenvalue weighted by Gasteiger charge is 2.50. The topological polar surface area (TPSA) is 210 Å². The predicted molar refractivity (Wildman–Crippen MR) is 104 cm³/mol. The largest absolute Gasteiger partial charge is 0.508 e. The first kappa shape index (κ1) is 25.2. The molecule has 182 valence electrons. The molecule has 2 aliphatic heterocycles. The maximum absolute atomic E-state index is 10.9. The van der Waals surface area contributed by atoms with Crippen molar-refractivity contribution in [3.05, 3.63) is 29.8 Å². The number of phenols is 1. The van der Waals surface area contributed by atoms with Crippen molar-refractivity contribution in [2.24, 2.45) is 5.92 Å². The standard InChI is InChI=1S/C20H30O12/c21-6-12-15(26)16(27)17(28)20(31-12)32-18-13(7-22)30-19(29)10(14(18)25)5-11(24)8-1-3-9(23)4-2-8/h1-4,10-29H,5-7H2/t10-,11?,12-,13-,14-,15-,16+,17-,18-,19-,20-/m1/s1. The number of aliphatic hydroxyl groups is 8. The average Bonchev–Trinajstić information content (AvgIpc) is 2.78. The van der Waals surface area contributed by atoms with Crippen molar-refractivity contribution in [1.82, 2.24) is 0 Å². The molecule has 0 radical (unpaired) electrons. The Hall–Kier alpha value is -1.42. The van der Waals surface area contributed by atoms with Crippen molar-refractivity contribution in [1.29, 1.82) is 0 Å². The van der Waals surface area contributed by atoms with E-state index >= 15 is 0 Å². The normalized spacial score (nSPS) is 41.4. The second-order valence-electron chi connectivity index (χ2n) is 8.04. The molecule has 32 heavy (non-hydrogen) atoms. The summed E-state index contributed by atoms with van der Waals surface area (Å²) in [6.07, 6.45) is -14.9. The Morgan fingerprint density at radius 3 is 2.03 bits per heavy atom. The van der Waals surface area contributed by atoms with Crippen LogP contribution in [0.3, 0.4) is 0 Å². The predicted octanol–water partition coefficient (Wildman–Crippen LogP) is -3.31. The van der Waals surface area contributed by atoms with Gasteiger partial charge in [0.15, 0.2) is 12.6 Å². The molecule has 11 atom stereocenters. The van der Waals surface area contributed by atoms with Gasteiger partial charge in [-0.25, -0.2) is 0 Å². The van der Waals surface area contributed by atoms with Crippen LogP contribution < -0.4 is 0 Å². The van der Waals surface area contributed by atoms with Crippen molar-refractivity contribution in [3.8, 4) is 5.75 Å². The zero-order chi connectivity index (χ0) is 23.6. The molecule has 2 saturated heterocycles. The summed E-state index contributed by atoms with van der Waals surface area (Å²) in [6, 6.07) is 5.69. The SMILES string of the molecule is OC[C@H]1O[C@H](O[C@H]2[C@H](O)[C@@H](CC(O)c3ccc(O)cc3)[C@H](O)O[C@@H]2CO)[C@H](O)[C@@H](O)[C@@H]1O.